The monoisotopic (exact) mass is 1100 g/mol. The van der Waals surface area contributed by atoms with Crippen molar-refractivity contribution in [3.8, 4) is 11.5 Å². The lowest BCUT2D eigenvalue weighted by molar-refractivity contribution is -0.391. The predicted molar refractivity (Wildman–Crippen MR) is 249 cm³/mol. The zero-order valence-electron chi connectivity index (χ0n) is 42.3. The van der Waals surface area contributed by atoms with E-state index in [-0.39, 0.29) is 36.1 Å². The summed E-state index contributed by atoms with van der Waals surface area (Å²) in [4.78, 5) is 51.0. The number of carbonyl (C=O) groups excluding carboxylic acids is 3. The van der Waals surface area contributed by atoms with Crippen LogP contribution in [-0.2, 0) is 57.0 Å². The van der Waals surface area contributed by atoms with Crippen LogP contribution in [-0.4, -0.2) is 259 Å². The third-order valence-corrected chi connectivity index (χ3v) is 13.6. The number of aliphatic carboxylic acids is 1. The zero-order chi connectivity index (χ0) is 56.2. The van der Waals surface area contributed by atoms with E-state index >= 15 is 0 Å². The molecule has 29 heteroatoms. The Morgan fingerprint density at radius 3 is 2.00 bits per heavy atom. The Hall–Kier alpha value is -4.06. The van der Waals surface area contributed by atoms with Crippen molar-refractivity contribution in [2.24, 2.45) is 0 Å². The molecule has 1 aromatic rings. The zero-order valence-corrected chi connectivity index (χ0v) is 42.3. The third kappa shape index (κ3) is 15.2. The second-order valence-corrected chi connectivity index (χ2v) is 19.0. The average Bonchev–Trinajstić information content (AvgIpc) is 3.39. The van der Waals surface area contributed by atoms with Gasteiger partial charge >= 0.3 is 11.9 Å². The number of hydrogen-bond donors (Lipinski definition) is 15. The second kappa shape index (κ2) is 28.7. The summed E-state index contributed by atoms with van der Waals surface area (Å²) in [5, 5.41) is 146. The molecular weight excluding hydrogens is 1020 g/mol. The SMILES string of the molecule is COC(=O)CCCCCCCCO[C@@H]1OC(CO)[C@@H](OC2OC(CO)[C@H](O)C(O[C@]3(C(=O)O)CC(O)[C@@H](NC(C)=O)C(C(O)C(O)CO)O3)C2O)C(O[C@@H]2OC(C)[C@@H](O)C(O)C2O)C1NC(=O)c1ccc(O)c(OC)c1. The number of ether oxygens (including phenoxy) is 10. The molecule has 5 rings (SSSR count). The molecule has 4 aliphatic rings. The maximum Gasteiger partial charge on any atom is 0.364 e. The second-order valence-electron chi connectivity index (χ2n) is 19.0. The number of esters is 1. The summed E-state index contributed by atoms with van der Waals surface area (Å²) in [6.07, 6.45) is -31.6. The van der Waals surface area contributed by atoms with Gasteiger partial charge in [-0.3, -0.25) is 14.4 Å². The normalized spacial score (nSPS) is 36.6. The van der Waals surface area contributed by atoms with Gasteiger partial charge in [-0.05, 0) is 38.0 Å². The van der Waals surface area contributed by atoms with E-state index in [4.69, 9.17) is 42.6 Å². The molecule has 0 saturated carbocycles. The van der Waals surface area contributed by atoms with Crippen molar-refractivity contribution in [3.63, 3.8) is 0 Å². The third-order valence-electron chi connectivity index (χ3n) is 13.6. The van der Waals surface area contributed by atoms with Gasteiger partial charge in [-0.1, -0.05) is 25.7 Å². The first-order valence-electron chi connectivity index (χ1n) is 24.8. The highest BCUT2D eigenvalue weighted by atomic mass is 16.8. The number of phenolic OH excluding ortho intramolecular Hbond substituents is 1. The van der Waals surface area contributed by atoms with Gasteiger partial charge in [-0.2, -0.15) is 0 Å². The van der Waals surface area contributed by atoms with Gasteiger partial charge < -0.3 is 124 Å². The summed E-state index contributed by atoms with van der Waals surface area (Å²) < 4.78 is 58.1. The van der Waals surface area contributed by atoms with E-state index in [1.807, 2.05) is 0 Å². The highest BCUT2D eigenvalue weighted by Crippen LogP contribution is 2.40. The molecule has 0 bridgehead atoms. The first-order valence-corrected chi connectivity index (χ1v) is 24.8. The molecule has 0 radical (unpaired) electrons. The van der Waals surface area contributed by atoms with Crippen molar-refractivity contribution in [3.05, 3.63) is 23.8 Å². The predicted octanol–water partition coefficient (Wildman–Crippen LogP) is -5.29. The smallest absolute Gasteiger partial charge is 0.364 e. The average molecular weight is 1100 g/mol. The molecule has 0 spiro atoms. The Morgan fingerprint density at radius 1 is 0.750 bits per heavy atom. The van der Waals surface area contributed by atoms with Crippen LogP contribution in [0, 0.1) is 0 Å². The van der Waals surface area contributed by atoms with Crippen LogP contribution >= 0.6 is 0 Å². The molecule has 4 saturated heterocycles. The van der Waals surface area contributed by atoms with E-state index in [1.54, 1.807) is 0 Å². The van der Waals surface area contributed by atoms with Crippen molar-refractivity contribution in [2.45, 2.75) is 194 Å². The Labute approximate surface area is 436 Å². The van der Waals surface area contributed by atoms with E-state index in [0.717, 1.165) is 26.2 Å². The summed E-state index contributed by atoms with van der Waals surface area (Å²) in [6.45, 7) is -0.853. The van der Waals surface area contributed by atoms with Crippen LogP contribution in [0.1, 0.15) is 75.6 Å². The molecular formula is C47H74N2O27. The van der Waals surface area contributed by atoms with Gasteiger partial charge in [-0.25, -0.2) is 4.79 Å². The standard InChI is InChI=1S/C47H74N2O27/c1-20-32(58)35(61)36(62)44(70-20)74-40-31(49-42(64)22-12-13-23(54)26(15-22)67-3)43(69-14-10-8-6-5-7-9-11-29(57)68-4)72-28(19-52)38(40)73-45-37(63)41(34(60)27(18-51)71-45)76-47(46(65)66)16-24(55)30(48-21(2)53)39(75-47)33(59)25(56)17-50/h12-13,15,20,24-25,27-28,30-41,43-45,50-52,54-56,58-63H,5-11,14,16-19H2,1-4H3,(H,48,53)(H,49,64)(H,65,66)/t20?,24?,25?,27?,28?,30-,31?,32-,33?,34+,35?,36?,37?,38-,39?,40?,41?,43-,44+,45?,47+/m1/s1. The van der Waals surface area contributed by atoms with Crippen LogP contribution in [0.3, 0.4) is 0 Å². The van der Waals surface area contributed by atoms with Gasteiger partial charge in [0.1, 0.15) is 85.4 Å². The van der Waals surface area contributed by atoms with Crippen molar-refractivity contribution < 1.29 is 133 Å². The van der Waals surface area contributed by atoms with E-state index in [1.165, 1.54) is 39.3 Å². The van der Waals surface area contributed by atoms with Crippen molar-refractivity contribution in [1.29, 1.82) is 0 Å². The van der Waals surface area contributed by atoms with Gasteiger partial charge in [-0.15, -0.1) is 0 Å². The fraction of sp³-hybridized carbons (Fsp3) is 0.787. The van der Waals surface area contributed by atoms with E-state index in [0.29, 0.717) is 19.3 Å². The topological polar surface area (TPSA) is 448 Å². The number of amides is 2. The Balaban J connectivity index is 1.53. The molecule has 15 N–H and O–H groups in total. The number of methoxy groups -OCH3 is 2. The molecule has 0 aromatic heterocycles. The lowest BCUT2D eigenvalue weighted by Crippen LogP contribution is -2.71. The first-order chi connectivity index (χ1) is 36.1. The van der Waals surface area contributed by atoms with Crippen LogP contribution in [0.4, 0.5) is 0 Å². The summed E-state index contributed by atoms with van der Waals surface area (Å²) in [5.41, 5.74) is -0.112. The van der Waals surface area contributed by atoms with Crippen LogP contribution in [0.15, 0.2) is 18.2 Å². The highest BCUT2D eigenvalue weighted by Gasteiger charge is 2.61. The molecule has 21 atom stereocenters. The summed E-state index contributed by atoms with van der Waals surface area (Å²) in [6, 6.07) is 0.322. The van der Waals surface area contributed by atoms with Crippen molar-refractivity contribution >= 4 is 23.8 Å². The number of hydrogen-bond acceptors (Lipinski definition) is 26. The molecule has 14 unspecified atom stereocenters. The number of aliphatic hydroxyl groups is 11. The summed E-state index contributed by atoms with van der Waals surface area (Å²) in [5.74, 6) is -7.66. The number of carbonyl (C=O) groups is 4. The van der Waals surface area contributed by atoms with Gasteiger partial charge in [0.25, 0.3) is 11.7 Å². The van der Waals surface area contributed by atoms with Gasteiger partial charge in [0.2, 0.25) is 5.91 Å². The van der Waals surface area contributed by atoms with Crippen molar-refractivity contribution in [2.75, 3.05) is 40.6 Å². The van der Waals surface area contributed by atoms with Crippen LogP contribution in [0.2, 0.25) is 0 Å². The van der Waals surface area contributed by atoms with Gasteiger partial charge in [0.05, 0.1) is 52.3 Å². The molecule has 0 aliphatic carbocycles. The maximum absolute atomic E-state index is 14.2. The fourth-order valence-corrected chi connectivity index (χ4v) is 9.31. The van der Waals surface area contributed by atoms with Crippen LogP contribution in [0.25, 0.3) is 0 Å². The number of nitrogens with one attached hydrogen (secondary N) is 2. The number of carboxylic acids is 1. The number of aromatic hydroxyl groups is 1. The minimum Gasteiger partial charge on any atom is -0.504 e. The Bertz CT molecular complexity index is 2020. The minimum absolute atomic E-state index is 0.0445. The molecule has 2 amide bonds. The number of carboxylic acid groups (broad SMARTS) is 1. The number of rotatable bonds is 26. The molecule has 76 heavy (non-hydrogen) atoms. The lowest BCUT2D eigenvalue weighted by Gasteiger charge is -2.51. The number of aliphatic hydroxyl groups excluding tert-OH is 11. The van der Waals surface area contributed by atoms with Crippen LogP contribution in [0.5, 0.6) is 11.5 Å². The summed E-state index contributed by atoms with van der Waals surface area (Å²) in [7, 11) is 2.54. The number of phenols is 1. The quantitative estimate of drug-likeness (QED) is 0.0304. The van der Waals surface area contributed by atoms with Gasteiger partial charge in [0.15, 0.2) is 30.4 Å². The van der Waals surface area contributed by atoms with Crippen molar-refractivity contribution in [1.82, 2.24) is 10.6 Å². The highest BCUT2D eigenvalue weighted by molar-refractivity contribution is 5.95. The van der Waals surface area contributed by atoms with E-state index < -0.39 is 172 Å². The molecule has 4 aliphatic heterocycles. The van der Waals surface area contributed by atoms with Crippen LogP contribution < -0.4 is 15.4 Å². The molecule has 4 heterocycles. The van der Waals surface area contributed by atoms with Gasteiger partial charge in [0, 0.05) is 31.9 Å². The fourth-order valence-electron chi connectivity index (χ4n) is 9.31. The maximum atomic E-state index is 14.2. The number of benzene rings is 1. The largest absolute Gasteiger partial charge is 0.504 e. The minimum atomic E-state index is -3.17. The Morgan fingerprint density at radius 2 is 1.38 bits per heavy atom. The van der Waals surface area contributed by atoms with E-state index in [9.17, 15) is 85.6 Å². The molecule has 29 nitrogen and oxygen atoms in total. The molecule has 1 aromatic carbocycles. The first kappa shape index (κ1) is 62.8. The molecule has 434 valence electrons. The molecule has 4 fully saturated rings. The lowest BCUT2D eigenvalue weighted by atomic mass is 9.88. The Kier molecular flexibility index (Phi) is 23.7. The van der Waals surface area contributed by atoms with E-state index in [2.05, 4.69) is 15.4 Å². The number of unbranched alkanes of at least 4 members (excludes halogenated alkanes) is 5. The summed E-state index contributed by atoms with van der Waals surface area (Å²) >= 11 is 0.